The van der Waals surface area contributed by atoms with Gasteiger partial charge in [0.1, 0.15) is 0 Å². The van der Waals surface area contributed by atoms with Crippen LogP contribution in [0.5, 0.6) is 0 Å². The van der Waals surface area contributed by atoms with Crippen molar-refractivity contribution in [1.82, 2.24) is 15.5 Å². The standard InChI is InChI=1S/C16H32N4O3/c1-4-17-16(19-10-8-15(21)20(2)3)18-9-6-11-22-13-14-7-5-12-23-14/h14H,4-13H2,1-3H3,(H2,17,18,19). The zero-order chi connectivity index (χ0) is 16.9. The second kappa shape index (κ2) is 12.1. The van der Waals surface area contributed by atoms with Gasteiger partial charge in [0.25, 0.3) is 0 Å². The van der Waals surface area contributed by atoms with Gasteiger partial charge >= 0.3 is 0 Å². The van der Waals surface area contributed by atoms with Crippen molar-refractivity contribution in [2.45, 2.75) is 38.7 Å². The lowest BCUT2D eigenvalue weighted by atomic mass is 10.2. The van der Waals surface area contributed by atoms with E-state index in [9.17, 15) is 4.79 Å². The van der Waals surface area contributed by atoms with Crippen LogP contribution in [0.25, 0.3) is 0 Å². The molecule has 0 aliphatic carbocycles. The monoisotopic (exact) mass is 328 g/mol. The number of ether oxygens (including phenoxy) is 2. The highest BCUT2D eigenvalue weighted by atomic mass is 16.5. The topological polar surface area (TPSA) is 75.2 Å². The third kappa shape index (κ3) is 9.40. The summed E-state index contributed by atoms with van der Waals surface area (Å²) in [5.74, 6) is 0.856. The van der Waals surface area contributed by atoms with Gasteiger partial charge < -0.3 is 25.0 Å². The number of rotatable bonds is 10. The van der Waals surface area contributed by atoms with E-state index in [0.29, 0.717) is 32.7 Å². The van der Waals surface area contributed by atoms with Crippen molar-refractivity contribution in [1.29, 1.82) is 0 Å². The molecule has 1 aliphatic heterocycles. The molecule has 0 saturated carbocycles. The summed E-state index contributed by atoms with van der Waals surface area (Å²) in [5.41, 5.74) is 0. The van der Waals surface area contributed by atoms with Crippen molar-refractivity contribution < 1.29 is 14.3 Å². The van der Waals surface area contributed by atoms with Crippen molar-refractivity contribution in [3.63, 3.8) is 0 Å². The van der Waals surface area contributed by atoms with E-state index in [0.717, 1.165) is 38.4 Å². The van der Waals surface area contributed by atoms with Crippen LogP contribution in [0, 0.1) is 0 Å². The Hall–Kier alpha value is -1.34. The Morgan fingerprint density at radius 3 is 2.87 bits per heavy atom. The highest BCUT2D eigenvalue weighted by Crippen LogP contribution is 2.11. The molecule has 2 N–H and O–H groups in total. The average Bonchev–Trinajstić information content (AvgIpc) is 3.03. The molecule has 1 atom stereocenters. The van der Waals surface area contributed by atoms with Crippen LogP contribution in [0.3, 0.4) is 0 Å². The third-order valence-electron chi connectivity index (χ3n) is 3.52. The molecule has 1 fully saturated rings. The molecule has 7 heteroatoms. The minimum absolute atomic E-state index is 0.107. The summed E-state index contributed by atoms with van der Waals surface area (Å²) in [6.45, 7) is 6.35. The van der Waals surface area contributed by atoms with E-state index in [4.69, 9.17) is 9.47 Å². The molecule has 1 unspecified atom stereocenters. The van der Waals surface area contributed by atoms with Crippen LogP contribution in [0.1, 0.15) is 32.6 Å². The first-order valence-corrected chi connectivity index (χ1v) is 8.55. The van der Waals surface area contributed by atoms with Crippen LogP contribution in [0.2, 0.25) is 0 Å². The van der Waals surface area contributed by atoms with Crippen LogP contribution in [-0.2, 0) is 14.3 Å². The summed E-state index contributed by atoms with van der Waals surface area (Å²) < 4.78 is 11.1. The number of nitrogens with zero attached hydrogens (tertiary/aromatic N) is 2. The van der Waals surface area contributed by atoms with Gasteiger partial charge in [-0.1, -0.05) is 0 Å². The number of aliphatic imine (C=N–C) groups is 1. The van der Waals surface area contributed by atoms with Gasteiger partial charge in [0.15, 0.2) is 5.96 Å². The van der Waals surface area contributed by atoms with E-state index in [1.807, 2.05) is 6.92 Å². The molecule has 7 nitrogen and oxygen atoms in total. The third-order valence-corrected chi connectivity index (χ3v) is 3.52. The molecule has 0 aromatic carbocycles. The van der Waals surface area contributed by atoms with Gasteiger partial charge in [0, 0.05) is 53.4 Å². The Morgan fingerprint density at radius 1 is 1.39 bits per heavy atom. The smallest absolute Gasteiger partial charge is 0.223 e. The van der Waals surface area contributed by atoms with Crippen LogP contribution in [0.4, 0.5) is 0 Å². The molecule has 0 aromatic heterocycles. The number of hydrogen-bond acceptors (Lipinski definition) is 4. The zero-order valence-corrected chi connectivity index (χ0v) is 14.8. The van der Waals surface area contributed by atoms with Gasteiger partial charge in [-0.25, -0.2) is 0 Å². The fraction of sp³-hybridized carbons (Fsp3) is 0.875. The molecule has 1 rings (SSSR count). The summed E-state index contributed by atoms with van der Waals surface area (Å²) in [4.78, 5) is 17.6. The number of hydrogen-bond donors (Lipinski definition) is 2. The van der Waals surface area contributed by atoms with E-state index >= 15 is 0 Å². The van der Waals surface area contributed by atoms with E-state index in [-0.39, 0.29) is 12.0 Å². The lowest BCUT2D eigenvalue weighted by Gasteiger charge is -2.13. The Bertz CT molecular complexity index is 355. The van der Waals surface area contributed by atoms with Crippen LogP contribution < -0.4 is 10.6 Å². The summed E-state index contributed by atoms with van der Waals surface area (Å²) in [6.07, 6.45) is 3.87. The van der Waals surface area contributed by atoms with Crippen LogP contribution in [0.15, 0.2) is 4.99 Å². The van der Waals surface area contributed by atoms with Gasteiger partial charge in [-0.15, -0.1) is 0 Å². The summed E-state index contributed by atoms with van der Waals surface area (Å²) >= 11 is 0. The maximum Gasteiger partial charge on any atom is 0.223 e. The van der Waals surface area contributed by atoms with Crippen molar-refractivity contribution in [2.24, 2.45) is 4.99 Å². The van der Waals surface area contributed by atoms with Gasteiger partial charge in [0.2, 0.25) is 5.91 Å². The van der Waals surface area contributed by atoms with Crippen molar-refractivity contribution >= 4 is 11.9 Å². The molecular weight excluding hydrogens is 296 g/mol. The fourth-order valence-electron chi connectivity index (χ4n) is 2.20. The summed E-state index contributed by atoms with van der Waals surface area (Å²) in [7, 11) is 3.52. The van der Waals surface area contributed by atoms with Crippen LogP contribution in [-0.4, -0.2) is 76.4 Å². The van der Waals surface area contributed by atoms with E-state index in [1.54, 1.807) is 19.0 Å². The number of carbonyl (C=O) groups is 1. The first-order chi connectivity index (χ1) is 11.1. The average molecular weight is 328 g/mol. The van der Waals surface area contributed by atoms with Crippen molar-refractivity contribution in [3.05, 3.63) is 0 Å². The Kier molecular flexibility index (Phi) is 10.4. The van der Waals surface area contributed by atoms with Crippen molar-refractivity contribution in [3.8, 4) is 0 Å². The number of carbonyl (C=O) groups excluding carboxylic acids is 1. The number of nitrogens with one attached hydrogen (secondary N) is 2. The molecule has 1 heterocycles. The maximum atomic E-state index is 11.5. The van der Waals surface area contributed by atoms with E-state index in [2.05, 4.69) is 15.6 Å². The largest absolute Gasteiger partial charge is 0.379 e. The minimum atomic E-state index is 0.107. The highest BCUT2D eigenvalue weighted by molar-refractivity contribution is 5.81. The highest BCUT2D eigenvalue weighted by Gasteiger charge is 2.14. The SMILES string of the molecule is CCNC(=NCCCOCC1CCCO1)NCCC(=O)N(C)C. The molecule has 0 spiro atoms. The molecule has 1 saturated heterocycles. The lowest BCUT2D eigenvalue weighted by Crippen LogP contribution is -2.39. The molecule has 1 amide bonds. The molecular formula is C16H32N4O3. The second-order valence-electron chi connectivity index (χ2n) is 5.79. The molecule has 0 bridgehead atoms. The van der Waals surface area contributed by atoms with Gasteiger partial charge in [-0.3, -0.25) is 9.79 Å². The summed E-state index contributed by atoms with van der Waals surface area (Å²) in [5, 5.41) is 6.35. The summed E-state index contributed by atoms with van der Waals surface area (Å²) in [6, 6.07) is 0. The van der Waals surface area contributed by atoms with E-state index < -0.39 is 0 Å². The predicted molar refractivity (Wildman–Crippen MR) is 91.7 cm³/mol. The first kappa shape index (κ1) is 19.7. The normalized spacial score (nSPS) is 18.0. The van der Waals surface area contributed by atoms with E-state index in [1.165, 1.54) is 0 Å². The minimum Gasteiger partial charge on any atom is -0.379 e. The Labute approximate surface area is 139 Å². The lowest BCUT2D eigenvalue weighted by molar-refractivity contribution is -0.128. The molecule has 134 valence electrons. The molecule has 0 aromatic rings. The quantitative estimate of drug-likeness (QED) is 0.349. The van der Waals surface area contributed by atoms with Gasteiger partial charge in [0.05, 0.1) is 12.7 Å². The second-order valence-corrected chi connectivity index (χ2v) is 5.79. The van der Waals surface area contributed by atoms with Gasteiger partial charge in [-0.2, -0.15) is 0 Å². The molecule has 23 heavy (non-hydrogen) atoms. The van der Waals surface area contributed by atoms with Gasteiger partial charge in [-0.05, 0) is 26.2 Å². The molecule has 0 radical (unpaired) electrons. The predicted octanol–water partition coefficient (Wildman–Crippen LogP) is 0.606. The Balaban J connectivity index is 2.11. The van der Waals surface area contributed by atoms with Crippen LogP contribution >= 0.6 is 0 Å². The number of guanidine groups is 1. The zero-order valence-electron chi connectivity index (χ0n) is 14.8. The fourth-order valence-corrected chi connectivity index (χ4v) is 2.20. The number of amides is 1. The van der Waals surface area contributed by atoms with Crippen molar-refractivity contribution in [2.75, 3.05) is 53.6 Å². The molecule has 1 aliphatic rings. The Morgan fingerprint density at radius 2 is 2.22 bits per heavy atom. The maximum absolute atomic E-state index is 11.5. The first-order valence-electron chi connectivity index (χ1n) is 8.55.